The van der Waals surface area contributed by atoms with Crippen LogP contribution in [-0.4, -0.2) is 40.1 Å². The molecule has 5 aromatic rings. The molecule has 9 nitrogen and oxygen atoms in total. The summed E-state index contributed by atoms with van der Waals surface area (Å²) >= 11 is 3.55. The Morgan fingerprint density at radius 3 is 2.69 bits per heavy atom. The van der Waals surface area contributed by atoms with Crippen LogP contribution in [0.5, 0.6) is 0 Å². The van der Waals surface area contributed by atoms with Gasteiger partial charge in [0.1, 0.15) is 11.5 Å². The number of amides is 1. The smallest absolute Gasteiger partial charge is 0.276 e. The monoisotopic (exact) mass is 536 g/mol. The number of carbonyl (C=O) groups is 1. The summed E-state index contributed by atoms with van der Waals surface area (Å²) in [5, 5.41) is 16.5. The molecule has 11 heteroatoms. The van der Waals surface area contributed by atoms with Crippen molar-refractivity contribution in [3.63, 3.8) is 0 Å². The first-order chi connectivity index (χ1) is 16.9. The van der Waals surface area contributed by atoms with E-state index in [-0.39, 0.29) is 18.1 Å². The maximum atomic E-state index is 14.1. The largest absolute Gasteiger partial charge is 0.317 e. The lowest BCUT2D eigenvalue weighted by molar-refractivity contribution is 0.102. The predicted molar refractivity (Wildman–Crippen MR) is 133 cm³/mol. The number of hydrogen-bond acceptors (Lipinski definition) is 5. The lowest BCUT2D eigenvalue weighted by Gasteiger charge is -2.07. The summed E-state index contributed by atoms with van der Waals surface area (Å²) in [5.74, 6) is -0.690. The van der Waals surface area contributed by atoms with E-state index >= 15 is 0 Å². The first-order valence-corrected chi connectivity index (χ1v) is 11.8. The first kappa shape index (κ1) is 22.9. The van der Waals surface area contributed by atoms with Gasteiger partial charge in [0.15, 0.2) is 11.3 Å². The predicted octanol–water partition coefficient (Wildman–Crippen LogP) is 4.63. The quantitative estimate of drug-likeness (QED) is 0.341. The molecule has 0 bridgehead atoms. The topological polar surface area (TPSA) is 94.9 Å². The number of aryl methyl sites for hydroxylation is 2. The van der Waals surface area contributed by atoms with Gasteiger partial charge >= 0.3 is 0 Å². The van der Waals surface area contributed by atoms with Gasteiger partial charge in [0.05, 0.1) is 33.8 Å². The lowest BCUT2D eigenvalue weighted by Crippen LogP contribution is -2.14. The van der Waals surface area contributed by atoms with E-state index in [2.05, 4.69) is 41.5 Å². The van der Waals surface area contributed by atoms with Crippen LogP contribution in [0.4, 0.5) is 10.1 Å². The van der Waals surface area contributed by atoms with E-state index < -0.39 is 5.91 Å². The molecule has 0 radical (unpaired) electrons. The Hall–Kier alpha value is -3.86. The standard InChI is InChI=1S/C24H22BrFN8O/c1-4-32-13-17(25)23(31-32)20-9-10-27-21-11-19(30-34(20)21)24(35)28-22-14(2)29-33(15(22)3)12-16-7-5-6-8-18(16)26/h5-11,13H,4,12H2,1-3H3,(H,28,35). The molecule has 178 valence electrons. The highest BCUT2D eigenvalue weighted by Crippen LogP contribution is 2.27. The minimum Gasteiger partial charge on any atom is -0.317 e. The summed E-state index contributed by atoms with van der Waals surface area (Å²) in [6.45, 7) is 6.62. The molecule has 4 aromatic heterocycles. The third-order valence-electron chi connectivity index (χ3n) is 5.77. The molecule has 1 aromatic carbocycles. The van der Waals surface area contributed by atoms with Crippen LogP contribution in [0.3, 0.4) is 0 Å². The number of benzene rings is 1. The van der Waals surface area contributed by atoms with Crippen molar-refractivity contribution < 1.29 is 9.18 Å². The van der Waals surface area contributed by atoms with Crippen molar-refractivity contribution in [2.24, 2.45) is 0 Å². The van der Waals surface area contributed by atoms with Crippen LogP contribution in [-0.2, 0) is 13.1 Å². The zero-order chi connectivity index (χ0) is 24.7. The Kier molecular flexibility index (Phi) is 5.93. The number of nitrogens with one attached hydrogen (secondary N) is 1. The minimum absolute atomic E-state index is 0.205. The molecule has 0 aliphatic heterocycles. The van der Waals surface area contributed by atoms with Crippen LogP contribution in [0.1, 0.15) is 34.4 Å². The minimum atomic E-state index is -0.392. The van der Waals surface area contributed by atoms with Gasteiger partial charge in [0, 0.05) is 30.6 Å². The maximum absolute atomic E-state index is 14.1. The van der Waals surface area contributed by atoms with Gasteiger partial charge in [-0.15, -0.1) is 0 Å². The van der Waals surface area contributed by atoms with E-state index in [0.717, 1.165) is 16.7 Å². The molecule has 0 spiro atoms. The number of nitrogens with zero attached hydrogens (tertiary/aromatic N) is 7. The SMILES string of the molecule is CCn1cc(Br)c(-c2ccnc3cc(C(=O)Nc4c(C)nn(Cc5ccccc5F)c4C)nn23)n1. The maximum Gasteiger partial charge on any atom is 0.276 e. The van der Waals surface area contributed by atoms with Crippen LogP contribution in [0.2, 0.25) is 0 Å². The summed E-state index contributed by atoms with van der Waals surface area (Å²) in [6, 6.07) is 9.99. The molecule has 4 heterocycles. The summed E-state index contributed by atoms with van der Waals surface area (Å²) < 4.78 is 20.0. The highest BCUT2D eigenvalue weighted by molar-refractivity contribution is 9.10. The van der Waals surface area contributed by atoms with Gasteiger partial charge in [0.25, 0.3) is 5.91 Å². The van der Waals surface area contributed by atoms with E-state index in [1.54, 1.807) is 52.6 Å². The number of fused-ring (bicyclic) bond motifs is 1. The molecule has 35 heavy (non-hydrogen) atoms. The zero-order valence-electron chi connectivity index (χ0n) is 19.3. The molecule has 0 atom stereocenters. The van der Waals surface area contributed by atoms with Crippen LogP contribution < -0.4 is 5.32 Å². The summed E-state index contributed by atoms with van der Waals surface area (Å²) in [6.07, 6.45) is 3.55. The molecule has 0 fully saturated rings. The van der Waals surface area contributed by atoms with Crippen LogP contribution >= 0.6 is 15.9 Å². The molecule has 0 unspecified atom stereocenters. The number of aromatic nitrogens is 7. The zero-order valence-corrected chi connectivity index (χ0v) is 20.9. The number of anilines is 1. The second-order valence-electron chi connectivity index (χ2n) is 8.06. The van der Waals surface area contributed by atoms with Crippen molar-refractivity contribution in [1.82, 2.24) is 34.2 Å². The van der Waals surface area contributed by atoms with E-state index in [1.807, 2.05) is 24.7 Å². The van der Waals surface area contributed by atoms with E-state index in [9.17, 15) is 9.18 Å². The third kappa shape index (κ3) is 4.23. The fraction of sp³-hybridized carbons (Fsp3) is 0.208. The van der Waals surface area contributed by atoms with Gasteiger partial charge in [-0.05, 0) is 48.8 Å². The van der Waals surface area contributed by atoms with Gasteiger partial charge in [-0.2, -0.15) is 15.3 Å². The van der Waals surface area contributed by atoms with Crippen molar-refractivity contribution in [1.29, 1.82) is 0 Å². The average molecular weight is 537 g/mol. The van der Waals surface area contributed by atoms with E-state index in [4.69, 9.17) is 0 Å². The molecule has 0 saturated carbocycles. The number of carbonyl (C=O) groups excluding carboxylic acids is 1. The highest BCUT2D eigenvalue weighted by Gasteiger charge is 2.20. The van der Waals surface area contributed by atoms with Gasteiger partial charge in [0.2, 0.25) is 0 Å². The molecular weight excluding hydrogens is 515 g/mol. The Morgan fingerprint density at radius 1 is 1.14 bits per heavy atom. The van der Waals surface area contributed by atoms with Crippen molar-refractivity contribution >= 4 is 33.2 Å². The van der Waals surface area contributed by atoms with Crippen LogP contribution in [0, 0.1) is 19.7 Å². The summed E-state index contributed by atoms with van der Waals surface area (Å²) in [7, 11) is 0. The van der Waals surface area contributed by atoms with Crippen molar-refractivity contribution in [2.45, 2.75) is 33.9 Å². The lowest BCUT2D eigenvalue weighted by atomic mass is 10.2. The molecule has 1 N–H and O–H groups in total. The molecule has 0 saturated heterocycles. The molecule has 5 rings (SSSR count). The second-order valence-corrected chi connectivity index (χ2v) is 8.91. The number of halogens is 2. The molecular formula is C24H22BrFN8O. The van der Waals surface area contributed by atoms with Crippen LogP contribution in [0.15, 0.2) is 53.3 Å². The molecule has 1 amide bonds. The Balaban J connectivity index is 1.44. The van der Waals surface area contributed by atoms with E-state index in [1.165, 1.54) is 6.07 Å². The van der Waals surface area contributed by atoms with Crippen molar-refractivity contribution in [3.05, 3.63) is 81.7 Å². The van der Waals surface area contributed by atoms with E-state index in [0.29, 0.717) is 34.0 Å². The second kappa shape index (κ2) is 9.06. The number of hydrogen-bond donors (Lipinski definition) is 1. The van der Waals surface area contributed by atoms with Crippen molar-refractivity contribution in [2.75, 3.05) is 5.32 Å². The Morgan fingerprint density at radius 2 is 1.94 bits per heavy atom. The first-order valence-electron chi connectivity index (χ1n) is 11.0. The van der Waals surface area contributed by atoms with Gasteiger partial charge in [-0.25, -0.2) is 13.9 Å². The summed E-state index contributed by atoms with van der Waals surface area (Å²) in [4.78, 5) is 17.5. The highest BCUT2D eigenvalue weighted by atomic mass is 79.9. The molecule has 0 aliphatic carbocycles. The van der Waals surface area contributed by atoms with Crippen molar-refractivity contribution in [3.8, 4) is 11.4 Å². The summed E-state index contributed by atoms with van der Waals surface area (Å²) in [5.41, 5.74) is 4.58. The molecule has 0 aliphatic rings. The van der Waals surface area contributed by atoms with Gasteiger partial charge in [-0.3, -0.25) is 14.2 Å². The van der Waals surface area contributed by atoms with Gasteiger partial charge in [-0.1, -0.05) is 18.2 Å². The Bertz CT molecular complexity index is 1570. The third-order valence-corrected chi connectivity index (χ3v) is 6.35. The fourth-order valence-corrected chi connectivity index (χ4v) is 4.43. The normalized spacial score (nSPS) is 11.3. The average Bonchev–Trinajstić information content (AvgIpc) is 3.52. The van der Waals surface area contributed by atoms with Gasteiger partial charge < -0.3 is 5.32 Å². The Labute approximate surface area is 208 Å². The fourth-order valence-electron chi connectivity index (χ4n) is 3.92. The number of rotatable bonds is 6. The van der Waals surface area contributed by atoms with Crippen LogP contribution in [0.25, 0.3) is 17.0 Å².